The van der Waals surface area contributed by atoms with Gasteiger partial charge in [-0.3, -0.25) is 9.78 Å². The molecule has 140 valence electrons. The van der Waals surface area contributed by atoms with Crippen LogP contribution in [0.2, 0.25) is 0 Å². The van der Waals surface area contributed by atoms with E-state index in [0.717, 1.165) is 42.4 Å². The summed E-state index contributed by atoms with van der Waals surface area (Å²) in [6.45, 7) is 2.96. The molecule has 1 fully saturated rings. The third-order valence-electron chi connectivity index (χ3n) is 4.94. The van der Waals surface area contributed by atoms with Crippen molar-refractivity contribution in [3.8, 4) is 11.4 Å². The molecule has 0 radical (unpaired) electrons. The van der Waals surface area contributed by atoms with Crippen molar-refractivity contribution < 1.29 is 4.79 Å². The van der Waals surface area contributed by atoms with E-state index in [4.69, 9.17) is 0 Å². The zero-order valence-electron chi connectivity index (χ0n) is 15.6. The molecule has 0 aromatic carbocycles. The highest BCUT2D eigenvalue weighted by atomic mass is 32.2. The molecular formula is C19H27N5OS. The molecule has 2 aromatic rings. The second-order valence-corrected chi connectivity index (χ2v) is 7.72. The van der Waals surface area contributed by atoms with Crippen molar-refractivity contribution in [2.45, 2.75) is 63.2 Å². The molecule has 6 nitrogen and oxygen atoms in total. The molecule has 26 heavy (non-hydrogen) atoms. The van der Waals surface area contributed by atoms with E-state index in [2.05, 4.69) is 26.7 Å². The van der Waals surface area contributed by atoms with E-state index in [1.54, 1.807) is 12.4 Å². The highest BCUT2D eigenvalue weighted by molar-refractivity contribution is 7.99. The number of thioether (sulfide) groups is 1. The van der Waals surface area contributed by atoms with Gasteiger partial charge in [-0.25, -0.2) is 0 Å². The Hall–Kier alpha value is -1.89. The minimum atomic E-state index is 0.179. The molecule has 0 unspecified atom stereocenters. The molecule has 1 aliphatic rings. The van der Waals surface area contributed by atoms with Crippen LogP contribution in [0.25, 0.3) is 11.4 Å². The van der Waals surface area contributed by atoms with Gasteiger partial charge in [-0.2, -0.15) is 0 Å². The fourth-order valence-electron chi connectivity index (χ4n) is 3.44. The first kappa shape index (κ1) is 18.9. The van der Waals surface area contributed by atoms with Gasteiger partial charge in [0.15, 0.2) is 11.0 Å². The van der Waals surface area contributed by atoms with E-state index in [1.807, 2.05) is 24.1 Å². The topological polar surface area (TPSA) is 63.9 Å². The first-order chi connectivity index (χ1) is 12.7. The fraction of sp³-hybridized carbons (Fsp3) is 0.579. The van der Waals surface area contributed by atoms with E-state index in [-0.39, 0.29) is 5.91 Å². The van der Waals surface area contributed by atoms with Crippen molar-refractivity contribution in [2.75, 3.05) is 12.8 Å². The maximum absolute atomic E-state index is 12.6. The molecule has 7 heteroatoms. The van der Waals surface area contributed by atoms with Gasteiger partial charge in [-0.15, -0.1) is 10.2 Å². The second kappa shape index (κ2) is 9.16. The summed E-state index contributed by atoms with van der Waals surface area (Å²) in [5.41, 5.74) is 0.999. The van der Waals surface area contributed by atoms with Gasteiger partial charge in [0.1, 0.15) is 0 Å². The van der Waals surface area contributed by atoms with Gasteiger partial charge in [0.2, 0.25) is 5.91 Å². The van der Waals surface area contributed by atoms with Crippen LogP contribution in [0, 0.1) is 0 Å². The van der Waals surface area contributed by atoms with Crippen LogP contribution in [0.1, 0.15) is 45.4 Å². The third-order valence-corrected chi connectivity index (χ3v) is 5.89. The van der Waals surface area contributed by atoms with Gasteiger partial charge in [0, 0.05) is 37.6 Å². The molecule has 3 rings (SSSR count). The zero-order chi connectivity index (χ0) is 18.4. The van der Waals surface area contributed by atoms with Crippen molar-refractivity contribution in [3.63, 3.8) is 0 Å². The summed E-state index contributed by atoms with van der Waals surface area (Å²) in [6.07, 6.45) is 10.5. The largest absolute Gasteiger partial charge is 0.342 e. The summed E-state index contributed by atoms with van der Waals surface area (Å²) in [6, 6.07) is 4.27. The Kier molecular flexibility index (Phi) is 6.66. The van der Waals surface area contributed by atoms with E-state index in [9.17, 15) is 4.79 Å². The number of carbonyl (C=O) groups excluding carboxylic acids is 1. The zero-order valence-corrected chi connectivity index (χ0v) is 16.4. The molecule has 1 aliphatic carbocycles. The van der Waals surface area contributed by atoms with E-state index in [0.29, 0.717) is 11.8 Å². The average Bonchev–Trinajstić information content (AvgIpc) is 3.10. The van der Waals surface area contributed by atoms with Crippen LogP contribution in [0.15, 0.2) is 29.7 Å². The van der Waals surface area contributed by atoms with E-state index < -0.39 is 0 Å². The van der Waals surface area contributed by atoms with Crippen LogP contribution in [-0.4, -0.2) is 49.4 Å². The summed E-state index contributed by atoms with van der Waals surface area (Å²) in [5, 5.41) is 9.51. The lowest BCUT2D eigenvalue weighted by atomic mass is 9.94. The number of pyridine rings is 1. The van der Waals surface area contributed by atoms with Gasteiger partial charge in [0.05, 0.1) is 5.75 Å². The number of nitrogens with zero attached hydrogens (tertiary/aromatic N) is 5. The van der Waals surface area contributed by atoms with Crippen molar-refractivity contribution >= 4 is 17.7 Å². The smallest absolute Gasteiger partial charge is 0.233 e. The lowest BCUT2D eigenvalue weighted by molar-refractivity contribution is -0.129. The summed E-state index contributed by atoms with van der Waals surface area (Å²) in [7, 11) is 1.94. The lowest BCUT2D eigenvalue weighted by Crippen LogP contribution is -2.39. The number of hydrogen-bond acceptors (Lipinski definition) is 5. The maximum atomic E-state index is 12.6. The van der Waals surface area contributed by atoms with Gasteiger partial charge in [-0.05, 0) is 31.4 Å². The minimum absolute atomic E-state index is 0.179. The number of hydrogen-bond donors (Lipinski definition) is 0. The van der Waals surface area contributed by atoms with Crippen LogP contribution >= 0.6 is 11.8 Å². The van der Waals surface area contributed by atoms with Gasteiger partial charge < -0.3 is 9.47 Å². The molecular weight excluding hydrogens is 346 g/mol. The molecule has 1 saturated carbocycles. The number of carbonyl (C=O) groups is 1. The minimum Gasteiger partial charge on any atom is -0.342 e. The predicted molar refractivity (Wildman–Crippen MR) is 104 cm³/mol. The Morgan fingerprint density at radius 3 is 2.65 bits per heavy atom. The predicted octanol–water partition coefficient (Wildman–Crippen LogP) is 3.63. The standard InChI is InChI=1S/C19H27N5OS/c1-3-13-24-18(15-9-11-20-12-10-15)21-22-19(24)26-14-17(25)23(2)16-7-5-4-6-8-16/h9-12,16H,3-8,13-14H2,1-2H3. The van der Waals surface area contributed by atoms with Crippen molar-refractivity contribution in [2.24, 2.45) is 0 Å². The Labute approximate surface area is 159 Å². The molecule has 2 heterocycles. The van der Waals surface area contributed by atoms with Crippen molar-refractivity contribution in [1.82, 2.24) is 24.6 Å². The molecule has 0 bridgehead atoms. The van der Waals surface area contributed by atoms with Crippen LogP contribution in [0.4, 0.5) is 0 Å². The SMILES string of the molecule is CCCn1c(SCC(=O)N(C)C2CCCCC2)nnc1-c1ccncc1. The molecule has 0 atom stereocenters. The molecule has 0 N–H and O–H groups in total. The molecule has 2 aromatic heterocycles. The van der Waals surface area contributed by atoms with E-state index in [1.165, 1.54) is 31.0 Å². The van der Waals surface area contributed by atoms with Gasteiger partial charge >= 0.3 is 0 Å². The Balaban J connectivity index is 1.67. The lowest BCUT2D eigenvalue weighted by Gasteiger charge is -2.31. The maximum Gasteiger partial charge on any atom is 0.233 e. The van der Waals surface area contributed by atoms with Crippen molar-refractivity contribution in [3.05, 3.63) is 24.5 Å². The quantitative estimate of drug-likeness (QED) is 0.694. The fourth-order valence-corrected chi connectivity index (χ4v) is 4.32. The average molecular weight is 374 g/mol. The Bertz CT molecular complexity index is 712. The van der Waals surface area contributed by atoms with Gasteiger partial charge in [0.25, 0.3) is 0 Å². The van der Waals surface area contributed by atoms with Crippen molar-refractivity contribution in [1.29, 1.82) is 0 Å². The van der Waals surface area contributed by atoms with Crippen LogP contribution in [-0.2, 0) is 11.3 Å². The summed E-state index contributed by atoms with van der Waals surface area (Å²) in [4.78, 5) is 18.6. The van der Waals surface area contributed by atoms with Crippen LogP contribution in [0.5, 0.6) is 0 Å². The molecule has 0 saturated heterocycles. The number of amides is 1. The van der Waals surface area contributed by atoms with Crippen LogP contribution < -0.4 is 0 Å². The summed E-state index contributed by atoms with van der Waals surface area (Å²) < 4.78 is 2.11. The summed E-state index contributed by atoms with van der Waals surface area (Å²) in [5.74, 6) is 1.42. The highest BCUT2D eigenvalue weighted by Crippen LogP contribution is 2.26. The van der Waals surface area contributed by atoms with Gasteiger partial charge in [-0.1, -0.05) is 37.9 Å². The molecule has 0 aliphatic heterocycles. The first-order valence-electron chi connectivity index (χ1n) is 9.42. The molecule has 1 amide bonds. The summed E-state index contributed by atoms with van der Waals surface area (Å²) >= 11 is 1.49. The third kappa shape index (κ3) is 4.44. The number of aromatic nitrogens is 4. The monoisotopic (exact) mass is 373 g/mol. The van der Waals surface area contributed by atoms with E-state index >= 15 is 0 Å². The number of rotatable bonds is 7. The first-order valence-corrected chi connectivity index (χ1v) is 10.4. The highest BCUT2D eigenvalue weighted by Gasteiger charge is 2.23. The van der Waals surface area contributed by atoms with Crippen LogP contribution in [0.3, 0.4) is 0 Å². The normalized spacial score (nSPS) is 15.2. The molecule has 0 spiro atoms. The second-order valence-electron chi connectivity index (χ2n) is 6.78. The Morgan fingerprint density at radius 2 is 1.96 bits per heavy atom. The Morgan fingerprint density at radius 1 is 1.23 bits per heavy atom.